The third-order valence-corrected chi connectivity index (χ3v) is 5.78. The van der Waals surface area contributed by atoms with E-state index in [0.717, 1.165) is 29.4 Å². The lowest BCUT2D eigenvalue weighted by Crippen LogP contribution is -2.43. The van der Waals surface area contributed by atoms with Crippen LogP contribution in [0.5, 0.6) is 0 Å². The molecule has 0 saturated heterocycles. The minimum atomic E-state index is -0.729. The largest absolute Gasteiger partial charge is 0.481 e. The van der Waals surface area contributed by atoms with E-state index in [1.54, 1.807) is 0 Å². The Balaban J connectivity index is 1.65. The van der Waals surface area contributed by atoms with Gasteiger partial charge in [0.05, 0.1) is 6.42 Å². The first-order chi connectivity index (χ1) is 9.20. The molecule has 0 atom stereocenters. The number of aromatic nitrogens is 1. The molecule has 0 spiro atoms. The van der Waals surface area contributed by atoms with Crippen LogP contribution in [0, 0.1) is 23.7 Å². The number of nitrogens with one attached hydrogen (secondary N) is 1. The van der Waals surface area contributed by atoms with Gasteiger partial charge in [-0.15, -0.1) is 0 Å². The molecule has 3 heteroatoms. The molecule has 1 aromatic heterocycles. The molecule has 5 rings (SSSR count). The summed E-state index contributed by atoms with van der Waals surface area (Å²) >= 11 is 0. The van der Waals surface area contributed by atoms with E-state index in [0.29, 0.717) is 5.92 Å². The summed E-state index contributed by atoms with van der Waals surface area (Å²) in [6.45, 7) is 0. The van der Waals surface area contributed by atoms with Gasteiger partial charge >= 0.3 is 5.97 Å². The Hall–Kier alpha value is -1.25. The normalized spacial score (nSPS) is 39.7. The van der Waals surface area contributed by atoms with Gasteiger partial charge in [0.15, 0.2) is 0 Å². The van der Waals surface area contributed by atoms with Crippen molar-refractivity contribution in [2.24, 2.45) is 23.7 Å². The van der Waals surface area contributed by atoms with E-state index in [9.17, 15) is 4.79 Å². The number of carbonyl (C=O) groups is 1. The van der Waals surface area contributed by atoms with Crippen LogP contribution in [0.3, 0.4) is 0 Å². The van der Waals surface area contributed by atoms with Crippen molar-refractivity contribution in [1.29, 1.82) is 0 Å². The van der Waals surface area contributed by atoms with Gasteiger partial charge in [-0.1, -0.05) is 0 Å². The second-order valence-corrected chi connectivity index (χ2v) is 6.94. The van der Waals surface area contributed by atoms with Gasteiger partial charge in [-0.05, 0) is 73.3 Å². The standard InChI is InChI=1S/C16H21NO2/c18-15(19)8-14-13(1-2-17-14)16-11-4-9-3-10(6-11)7-12(16)5-9/h1-2,9-12,16-17H,3-8H2,(H,18,19). The van der Waals surface area contributed by atoms with Crippen LogP contribution < -0.4 is 0 Å². The summed E-state index contributed by atoms with van der Waals surface area (Å²) in [7, 11) is 0. The Morgan fingerprint density at radius 3 is 2.37 bits per heavy atom. The van der Waals surface area contributed by atoms with Crippen molar-refractivity contribution in [3.63, 3.8) is 0 Å². The third kappa shape index (κ3) is 1.82. The Kier molecular flexibility index (Phi) is 2.51. The quantitative estimate of drug-likeness (QED) is 0.876. The highest BCUT2D eigenvalue weighted by Crippen LogP contribution is 2.60. The van der Waals surface area contributed by atoms with Gasteiger partial charge in [0.2, 0.25) is 0 Å². The zero-order valence-corrected chi connectivity index (χ0v) is 11.1. The number of aromatic amines is 1. The van der Waals surface area contributed by atoms with Crippen molar-refractivity contribution in [2.45, 2.75) is 44.4 Å². The van der Waals surface area contributed by atoms with Crippen molar-refractivity contribution in [3.8, 4) is 0 Å². The van der Waals surface area contributed by atoms with Crippen molar-refractivity contribution < 1.29 is 9.90 Å². The lowest BCUT2D eigenvalue weighted by atomic mass is 9.50. The number of H-pyrrole nitrogens is 1. The summed E-state index contributed by atoms with van der Waals surface area (Å²) in [6, 6.07) is 2.14. The van der Waals surface area contributed by atoms with Crippen molar-refractivity contribution in [3.05, 3.63) is 23.5 Å². The second kappa shape index (κ2) is 4.12. The van der Waals surface area contributed by atoms with E-state index in [1.807, 2.05) is 6.20 Å². The number of carboxylic acid groups (broad SMARTS) is 1. The molecule has 1 aromatic rings. The van der Waals surface area contributed by atoms with E-state index < -0.39 is 5.97 Å². The molecule has 2 N–H and O–H groups in total. The molecular formula is C16H21NO2. The SMILES string of the molecule is O=C(O)Cc1[nH]ccc1C1C2CC3CC(C2)CC1C3. The van der Waals surface area contributed by atoms with Crippen LogP contribution in [0.25, 0.3) is 0 Å². The molecule has 19 heavy (non-hydrogen) atoms. The average molecular weight is 259 g/mol. The Morgan fingerprint density at radius 1 is 1.16 bits per heavy atom. The summed E-state index contributed by atoms with van der Waals surface area (Å²) in [4.78, 5) is 14.2. The van der Waals surface area contributed by atoms with Crippen LogP contribution in [0.2, 0.25) is 0 Å². The minimum absolute atomic E-state index is 0.144. The van der Waals surface area contributed by atoms with Crippen LogP contribution in [0.1, 0.15) is 49.3 Å². The number of carboxylic acids is 1. The predicted octanol–water partition coefficient (Wildman–Crippen LogP) is 3.18. The van der Waals surface area contributed by atoms with E-state index in [2.05, 4.69) is 11.1 Å². The molecule has 0 radical (unpaired) electrons. The maximum Gasteiger partial charge on any atom is 0.309 e. The predicted molar refractivity (Wildman–Crippen MR) is 71.9 cm³/mol. The maximum absolute atomic E-state index is 11.0. The second-order valence-electron chi connectivity index (χ2n) is 6.94. The van der Waals surface area contributed by atoms with Crippen LogP contribution in [-0.2, 0) is 11.2 Å². The van der Waals surface area contributed by atoms with Gasteiger partial charge in [-0.25, -0.2) is 0 Å². The molecule has 3 nitrogen and oxygen atoms in total. The van der Waals surface area contributed by atoms with E-state index in [1.165, 1.54) is 37.7 Å². The van der Waals surface area contributed by atoms with Gasteiger partial charge < -0.3 is 10.1 Å². The van der Waals surface area contributed by atoms with Gasteiger partial charge in [-0.2, -0.15) is 0 Å². The molecule has 4 fully saturated rings. The van der Waals surface area contributed by atoms with Crippen molar-refractivity contribution >= 4 is 5.97 Å². The molecule has 0 aliphatic heterocycles. The van der Waals surface area contributed by atoms with Crippen LogP contribution in [0.4, 0.5) is 0 Å². The maximum atomic E-state index is 11.0. The Labute approximate surface area is 113 Å². The molecule has 4 aliphatic carbocycles. The lowest BCUT2D eigenvalue weighted by Gasteiger charge is -2.54. The molecule has 0 amide bonds. The first-order valence-corrected chi connectivity index (χ1v) is 7.58. The first-order valence-electron chi connectivity index (χ1n) is 7.58. The summed E-state index contributed by atoms with van der Waals surface area (Å²) < 4.78 is 0. The van der Waals surface area contributed by atoms with Crippen molar-refractivity contribution in [1.82, 2.24) is 4.98 Å². The number of hydrogen-bond donors (Lipinski definition) is 2. The molecule has 4 saturated carbocycles. The van der Waals surface area contributed by atoms with E-state index >= 15 is 0 Å². The highest BCUT2D eigenvalue weighted by molar-refractivity contribution is 5.70. The Morgan fingerprint density at radius 2 is 1.79 bits per heavy atom. The fraction of sp³-hybridized carbons (Fsp3) is 0.688. The molecule has 102 valence electrons. The van der Waals surface area contributed by atoms with Gasteiger partial charge in [0.25, 0.3) is 0 Å². The van der Waals surface area contributed by atoms with Crippen LogP contribution in [-0.4, -0.2) is 16.1 Å². The third-order valence-electron chi connectivity index (χ3n) is 5.78. The fourth-order valence-corrected chi connectivity index (χ4v) is 5.47. The first kappa shape index (κ1) is 11.6. The molecule has 4 aliphatic rings. The average Bonchev–Trinajstić information content (AvgIpc) is 2.75. The number of aliphatic carboxylic acids is 1. The molecule has 0 aromatic carbocycles. The van der Waals surface area contributed by atoms with Gasteiger partial charge in [0, 0.05) is 11.9 Å². The Bertz CT molecular complexity index is 477. The van der Waals surface area contributed by atoms with E-state index in [-0.39, 0.29) is 6.42 Å². The highest BCUT2D eigenvalue weighted by Gasteiger charge is 2.49. The van der Waals surface area contributed by atoms with Gasteiger partial charge in [0.1, 0.15) is 0 Å². The van der Waals surface area contributed by atoms with Gasteiger partial charge in [-0.3, -0.25) is 4.79 Å². The number of hydrogen-bond acceptors (Lipinski definition) is 1. The summed E-state index contributed by atoms with van der Waals surface area (Å²) in [6.07, 6.45) is 9.08. The zero-order valence-electron chi connectivity index (χ0n) is 11.1. The monoisotopic (exact) mass is 259 g/mol. The molecule has 4 bridgehead atoms. The zero-order chi connectivity index (χ0) is 13.0. The minimum Gasteiger partial charge on any atom is -0.481 e. The highest BCUT2D eigenvalue weighted by atomic mass is 16.4. The number of rotatable bonds is 3. The summed E-state index contributed by atoms with van der Waals surface area (Å²) in [5.41, 5.74) is 2.26. The molecule has 1 heterocycles. The van der Waals surface area contributed by atoms with E-state index in [4.69, 9.17) is 5.11 Å². The van der Waals surface area contributed by atoms with Crippen LogP contribution in [0.15, 0.2) is 12.3 Å². The molecule has 0 unspecified atom stereocenters. The lowest BCUT2D eigenvalue weighted by molar-refractivity contribution is -0.136. The fourth-order valence-electron chi connectivity index (χ4n) is 5.47. The van der Waals surface area contributed by atoms with Crippen molar-refractivity contribution in [2.75, 3.05) is 0 Å². The smallest absolute Gasteiger partial charge is 0.309 e. The van der Waals surface area contributed by atoms with Crippen LogP contribution >= 0.6 is 0 Å². The topological polar surface area (TPSA) is 53.1 Å². The summed E-state index contributed by atoms with van der Waals surface area (Å²) in [5.74, 6) is 3.49. The summed E-state index contributed by atoms with van der Waals surface area (Å²) in [5, 5.41) is 9.04. The molecular weight excluding hydrogens is 238 g/mol.